The molecule has 2 rings (SSSR count). The second kappa shape index (κ2) is 13.7. The molecule has 0 saturated heterocycles. The number of hydrogen-bond donors (Lipinski definition) is 0. The Morgan fingerprint density at radius 1 is 0.500 bits per heavy atom. The largest absolute Gasteiger partial charge is 0.289 e. The van der Waals surface area contributed by atoms with Gasteiger partial charge < -0.3 is 0 Å². The van der Waals surface area contributed by atoms with Crippen molar-refractivity contribution in [2.24, 2.45) is 4.99 Å². The molecular formula is C23H41N. The van der Waals surface area contributed by atoms with Crippen molar-refractivity contribution in [3.63, 3.8) is 0 Å². The summed E-state index contributed by atoms with van der Waals surface area (Å²) in [5.41, 5.74) is 3.13. The number of nitrogens with zero attached hydrogens (tertiary/aromatic N) is 1. The molecule has 0 unspecified atom stereocenters. The molecule has 1 aliphatic carbocycles. The third kappa shape index (κ3) is 9.04. The minimum absolute atomic E-state index is 1.08. The van der Waals surface area contributed by atoms with Crippen LogP contribution in [0.15, 0.2) is 16.6 Å². The van der Waals surface area contributed by atoms with Gasteiger partial charge in [0.15, 0.2) is 0 Å². The Bertz CT molecular complexity index is 330. The van der Waals surface area contributed by atoms with Gasteiger partial charge in [0, 0.05) is 12.3 Å². The Balaban J connectivity index is 1.96. The summed E-state index contributed by atoms with van der Waals surface area (Å²) >= 11 is 0. The van der Waals surface area contributed by atoms with E-state index in [2.05, 4.69) is 6.08 Å². The lowest BCUT2D eigenvalue weighted by Gasteiger charge is -2.14. The van der Waals surface area contributed by atoms with Gasteiger partial charge in [-0.15, -0.1) is 0 Å². The summed E-state index contributed by atoms with van der Waals surface area (Å²) in [6, 6.07) is 0. The summed E-state index contributed by atoms with van der Waals surface area (Å²) < 4.78 is 0. The third-order valence-corrected chi connectivity index (χ3v) is 5.79. The van der Waals surface area contributed by atoms with Gasteiger partial charge in [-0.05, 0) is 50.5 Å². The SMILES string of the molecule is C1=C(/C2=NCCCCCCCCCC2)CCCCCCCCCC/1. The fourth-order valence-electron chi connectivity index (χ4n) is 4.18. The maximum Gasteiger partial charge on any atom is 0.0392 e. The van der Waals surface area contributed by atoms with Crippen molar-refractivity contribution in [3.05, 3.63) is 11.6 Å². The molecule has 0 radical (unpaired) electrons. The van der Waals surface area contributed by atoms with E-state index in [0.29, 0.717) is 0 Å². The second-order valence-electron chi connectivity index (χ2n) is 8.00. The molecule has 138 valence electrons. The molecule has 0 aromatic heterocycles. The first-order valence-electron chi connectivity index (χ1n) is 11.2. The van der Waals surface area contributed by atoms with E-state index < -0.39 is 0 Å². The van der Waals surface area contributed by atoms with Crippen molar-refractivity contribution in [1.82, 2.24) is 0 Å². The van der Waals surface area contributed by atoms with Crippen LogP contribution in [0.1, 0.15) is 122 Å². The average molecular weight is 332 g/mol. The summed E-state index contributed by atoms with van der Waals surface area (Å²) in [5.74, 6) is 0. The standard InChI is InChI=1S/C23H41N/c1-2-6-10-14-18-22(19-15-11-7-3-1)23-20-16-12-8-4-5-9-13-17-21-24-23/h18H,1-17,19-21H2/b22-18+,24-23?. The highest BCUT2D eigenvalue weighted by Gasteiger charge is 2.09. The fourth-order valence-corrected chi connectivity index (χ4v) is 4.18. The molecule has 0 bridgehead atoms. The first kappa shape index (κ1) is 19.7. The normalized spacial score (nSPS) is 26.5. The first-order valence-corrected chi connectivity index (χ1v) is 11.2. The minimum Gasteiger partial charge on any atom is -0.289 e. The molecule has 1 heterocycles. The van der Waals surface area contributed by atoms with Crippen molar-refractivity contribution in [3.8, 4) is 0 Å². The van der Waals surface area contributed by atoms with Crippen molar-refractivity contribution < 1.29 is 0 Å². The molecule has 0 atom stereocenters. The quantitative estimate of drug-likeness (QED) is 0.465. The maximum absolute atomic E-state index is 5.10. The number of rotatable bonds is 1. The van der Waals surface area contributed by atoms with Crippen LogP contribution in [0.5, 0.6) is 0 Å². The Labute approximate surface area is 151 Å². The van der Waals surface area contributed by atoms with Gasteiger partial charge in [-0.1, -0.05) is 83.1 Å². The predicted molar refractivity (Wildman–Crippen MR) is 108 cm³/mol. The smallest absolute Gasteiger partial charge is 0.0392 e. The van der Waals surface area contributed by atoms with Gasteiger partial charge in [-0.25, -0.2) is 0 Å². The zero-order valence-electron chi connectivity index (χ0n) is 16.2. The van der Waals surface area contributed by atoms with Crippen LogP contribution in [0.25, 0.3) is 0 Å². The van der Waals surface area contributed by atoms with Crippen molar-refractivity contribution in [2.45, 2.75) is 122 Å². The summed E-state index contributed by atoms with van der Waals surface area (Å²) in [7, 11) is 0. The molecule has 0 spiro atoms. The van der Waals surface area contributed by atoms with E-state index in [1.165, 1.54) is 128 Å². The average Bonchev–Trinajstić information content (AvgIpc) is 2.56. The van der Waals surface area contributed by atoms with Gasteiger partial charge >= 0.3 is 0 Å². The molecule has 2 aliphatic rings. The van der Waals surface area contributed by atoms with E-state index in [4.69, 9.17) is 4.99 Å². The lowest BCUT2D eigenvalue weighted by molar-refractivity contribution is 0.562. The molecule has 0 N–H and O–H groups in total. The van der Waals surface area contributed by atoms with Crippen molar-refractivity contribution in [2.75, 3.05) is 6.54 Å². The molecule has 0 saturated carbocycles. The van der Waals surface area contributed by atoms with Crippen LogP contribution in [0, 0.1) is 0 Å². The second-order valence-corrected chi connectivity index (χ2v) is 8.00. The van der Waals surface area contributed by atoms with E-state index >= 15 is 0 Å². The van der Waals surface area contributed by atoms with Gasteiger partial charge in [0.1, 0.15) is 0 Å². The van der Waals surface area contributed by atoms with Crippen molar-refractivity contribution >= 4 is 5.71 Å². The highest BCUT2D eigenvalue weighted by Crippen LogP contribution is 2.21. The zero-order valence-corrected chi connectivity index (χ0v) is 16.2. The molecule has 0 fully saturated rings. The number of hydrogen-bond acceptors (Lipinski definition) is 1. The van der Waals surface area contributed by atoms with Crippen LogP contribution in [0.4, 0.5) is 0 Å². The Hall–Kier alpha value is -0.590. The third-order valence-electron chi connectivity index (χ3n) is 5.79. The predicted octanol–water partition coefficient (Wildman–Crippen LogP) is 7.79. The van der Waals surface area contributed by atoms with Gasteiger partial charge in [0.25, 0.3) is 0 Å². The van der Waals surface area contributed by atoms with Crippen molar-refractivity contribution in [1.29, 1.82) is 0 Å². The number of allylic oxidation sites excluding steroid dienone is 2. The molecule has 1 aliphatic heterocycles. The van der Waals surface area contributed by atoms with E-state index in [1.807, 2.05) is 0 Å². The summed E-state index contributed by atoms with van der Waals surface area (Å²) in [4.78, 5) is 5.10. The van der Waals surface area contributed by atoms with Gasteiger partial charge in [0.05, 0.1) is 0 Å². The van der Waals surface area contributed by atoms with Gasteiger partial charge in [0.2, 0.25) is 0 Å². The summed E-state index contributed by atoms with van der Waals surface area (Å²) in [6.45, 7) is 1.08. The summed E-state index contributed by atoms with van der Waals surface area (Å²) in [5, 5.41) is 0. The molecule has 0 aromatic rings. The highest BCUT2D eigenvalue weighted by molar-refractivity contribution is 6.00. The van der Waals surface area contributed by atoms with Crippen LogP contribution in [0.3, 0.4) is 0 Å². The lowest BCUT2D eigenvalue weighted by atomic mass is 9.94. The van der Waals surface area contributed by atoms with E-state index in [0.717, 1.165) is 6.54 Å². The monoisotopic (exact) mass is 331 g/mol. The minimum atomic E-state index is 1.08. The zero-order chi connectivity index (χ0) is 16.7. The Morgan fingerprint density at radius 3 is 1.67 bits per heavy atom. The molecule has 0 aromatic carbocycles. The topological polar surface area (TPSA) is 12.4 Å². The van der Waals surface area contributed by atoms with E-state index in [-0.39, 0.29) is 0 Å². The van der Waals surface area contributed by atoms with Crippen LogP contribution in [0.2, 0.25) is 0 Å². The maximum atomic E-state index is 5.10. The molecular weight excluding hydrogens is 290 g/mol. The molecule has 24 heavy (non-hydrogen) atoms. The Kier molecular flexibility index (Phi) is 11.2. The van der Waals surface area contributed by atoms with Gasteiger partial charge in [-0.3, -0.25) is 4.99 Å². The lowest BCUT2D eigenvalue weighted by Crippen LogP contribution is -2.06. The van der Waals surface area contributed by atoms with Crippen LogP contribution >= 0.6 is 0 Å². The van der Waals surface area contributed by atoms with E-state index in [9.17, 15) is 0 Å². The molecule has 1 nitrogen and oxygen atoms in total. The first-order chi connectivity index (χ1) is 12.0. The van der Waals surface area contributed by atoms with Gasteiger partial charge in [-0.2, -0.15) is 0 Å². The summed E-state index contributed by atoms with van der Waals surface area (Å²) in [6.07, 6.45) is 29.0. The fraction of sp³-hybridized carbons (Fsp3) is 0.870. The number of aliphatic imine (C=N–C) groups is 1. The Morgan fingerprint density at radius 2 is 1.00 bits per heavy atom. The molecule has 1 heteroatoms. The van der Waals surface area contributed by atoms with Crippen LogP contribution in [-0.4, -0.2) is 12.3 Å². The molecule has 0 amide bonds. The van der Waals surface area contributed by atoms with E-state index in [1.54, 1.807) is 5.57 Å². The highest BCUT2D eigenvalue weighted by atomic mass is 14.7. The van der Waals surface area contributed by atoms with Crippen LogP contribution in [-0.2, 0) is 0 Å². The van der Waals surface area contributed by atoms with Crippen LogP contribution < -0.4 is 0 Å².